The number of hydrogen-bond acceptors (Lipinski definition) is 3. The Labute approximate surface area is 79.6 Å². The SMILES string of the molecule is CCO[C@@H]1C[C@H](N)C12CCOCC2. The molecule has 1 heterocycles. The van der Waals surface area contributed by atoms with Gasteiger partial charge in [-0.1, -0.05) is 0 Å². The fraction of sp³-hybridized carbons (Fsp3) is 1.00. The maximum absolute atomic E-state index is 6.07. The summed E-state index contributed by atoms with van der Waals surface area (Å²) in [6.07, 6.45) is 3.60. The number of nitrogens with two attached hydrogens (primary N) is 1. The molecule has 0 radical (unpaired) electrons. The van der Waals surface area contributed by atoms with Crippen LogP contribution >= 0.6 is 0 Å². The Kier molecular flexibility index (Phi) is 2.58. The van der Waals surface area contributed by atoms with E-state index in [2.05, 4.69) is 6.92 Å². The highest BCUT2D eigenvalue weighted by atomic mass is 16.5. The maximum Gasteiger partial charge on any atom is 0.0662 e. The normalized spacial score (nSPS) is 37.4. The minimum atomic E-state index is 0.258. The van der Waals surface area contributed by atoms with Crippen molar-refractivity contribution in [3.05, 3.63) is 0 Å². The predicted molar refractivity (Wildman–Crippen MR) is 50.5 cm³/mol. The average molecular weight is 185 g/mol. The molecule has 2 atom stereocenters. The zero-order valence-electron chi connectivity index (χ0n) is 8.29. The van der Waals surface area contributed by atoms with Crippen LogP contribution in [-0.2, 0) is 9.47 Å². The van der Waals surface area contributed by atoms with Gasteiger partial charge in [-0.3, -0.25) is 0 Å². The number of ether oxygens (including phenoxy) is 2. The molecule has 0 aromatic heterocycles. The van der Waals surface area contributed by atoms with Crippen molar-refractivity contribution < 1.29 is 9.47 Å². The minimum absolute atomic E-state index is 0.258. The third-order valence-electron chi connectivity index (χ3n) is 3.64. The van der Waals surface area contributed by atoms with Crippen LogP contribution in [0.1, 0.15) is 26.2 Å². The minimum Gasteiger partial charge on any atom is -0.381 e. The van der Waals surface area contributed by atoms with Crippen molar-refractivity contribution in [3.63, 3.8) is 0 Å². The van der Waals surface area contributed by atoms with Gasteiger partial charge in [-0.25, -0.2) is 0 Å². The standard InChI is InChI=1S/C10H19NO2/c1-2-13-9-7-8(11)10(9)3-5-12-6-4-10/h8-9H,2-7,11H2,1H3/t8-,9+/m0/s1. The molecule has 3 nitrogen and oxygen atoms in total. The summed E-state index contributed by atoms with van der Waals surface area (Å²) < 4.78 is 11.1. The first-order valence-corrected chi connectivity index (χ1v) is 5.24. The molecule has 0 bridgehead atoms. The van der Waals surface area contributed by atoms with E-state index in [4.69, 9.17) is 15.2 Å². The smallest absolute Gasteiger partial charge is 0.0662 e. The van der Waals surface area contributed by atoms with Crippen LogP contribution in [0.4, 0.5) is 0 Å². The third-order valence-corrected chi connectivity index (χ3v) is 3.64. The van der Waals surface area contributed by atoms with Gasteiger partial charge in [-0.15, -0.1) is 0 Å². The van der Waals surface area contributed by atoms with Crippen LogP contribution in [0.5, 0.6) is 0 Å². The average Bonchev–Trinajstić information content (AvgIpc) is 2.19. The molecule has 2 aliphatic rings. The predicted octanol–water partition coefficient (Wildman–Crippen LogP) is 0.919. The highest BCUT2D eigenvalue weighted by Crippen LogP contribution is 2.49. The topological polar surface area (TPSA) is 44.5 Å². The van der Waals surface area contributed by atoms with E-state index >= 15 is 0 Å². The van der Waals surface area contributed by atoms with Gasteiger partial charge in [0.2, 0.25) is 0 Å². The fourth-order valence-electron chi connectivity index (χ4n) is 2.66. The van der Waals surface area contributed by atoms with Gasteiger partial charge in [0.1, 0.15) is 0 Å². The molecule has 1 saturated heterocycles. The molecule has 0 aromatic carbocycles. The summed E-state index contributed by atoms with van der Waals surface area (Å²) >= 11 is 0. The zero-order valence-corrected chi connectivity index (χ0v) is 8.29. The van der Waals surface area contributed by atoms with Crippen LogP contribution in [0, 0.1) is 5.41 Å². The summed E-state index contributed by atoms with van der Waals surface area (Å²) in [4.78, 5) is 0. The largest absolute Gasteiger partial charge is 0.381 e. The molecule has 2 rings (SSSR count). The van der Waals surface area contributed by atoms with Crippen molar-refractivity contribution in [1.29, 1.82) is 0 Å². The lowest BCUT2D eigenvalue weighted by molar-refractivity contribution is -0.164. The Morgan fingerprint density at radius 2 is 2.15 bits per heavy atom. The van der Waals surface area contributed by atoms with Crippen molar-refractivity contribution in [2.45, 2.75) is 38.3 Å². The lowest BCUT2D eigenvalue weighted by atomic mass is 9.58. The first-order chi connectivity index (χ1) is 6.29. The molecule has 1 aliphatic carbocycles. The molecule has 0 amide bonds. The Balaban J connectivity index is 1.99. The third kappa shape index (κ3) is 1.39. The second kappa shape index (κ2) is 3.56. The molecule has 76 valence electrons. The van der Waals surface area contributed by atoms with E-state index in [-0.39, 0.29) is 5.41 Å². The molecule has 0 unspecified atom stereocenters. The molecule has 3 heteroatoms. The lowest BCUT2D eigenvalue weighted by Crippen LogP contribution is -2.64. The van der Waals surface area contributed by atoms with Gasteiger partial charge in [0.15, 0.2) is 0 Å². The van der Waals surface area contributed by atoms with Crippen LogP contribution < -0.4 is 5.73 Å². The van der Waals surface area contributed by atoms with Crippen LogP contribution in [0.15, 0.2) is 0 Å². The molecule has 1 aliphatic heterocycles. The van der Waals surface area contributed by atoms with Gasteiger partial charge >= 0.3 is 0 Å². The van der Waals surface area contributed by atoms with E-state index in [1.807, 2.05) is 0 Å². The van der Waals surface area contributed by atoms with Gasteiger partial charge in [-0.05, 0) is 26.2 Å². The molecule has 2 N–H and O–H groups in total. The van der Waals surface area contributed by atoms with E-state index < -0.39 is 0 Å². The van der Waals surface area contributed by atoms with Gasteiger partial charge in [0.05, 0.1) is 6.10 Å². The Morgan fingerprint density at radius 1 is 1.46 bits per heavy atom. The first kappa shape index (κ1) is 9.44. The quantitative estimate of drug-likeness (QED) is 0.695. The molecular weight excluding hydrogens is 166 g/mol. The van der Waals surface area contributed by atoms with E-state index in [0.29, 0.717) is 12.1 Å². The van der Waals surface area contributed by atoms with Crippen molar-refractivity contribution in [3.8, 4) is 0 Å². The number of rotatable bonds is 2. The van der Waals surface area contributed by atoms with Gasteiger partial charge < -0.3 is 15.2 Å². The van der Waals surface area contributed by atoms with Crippen molar-refractivity contribution in [2.24, 2.45) is 11.1 Å². The Bertz CT molecular complexity index is 176. The van der Waals surface area contributed by atoms with Crippen molar-refractivity contribution in [1.82, 2.24) is 0 Å². The molecule has 1 saturated carbocycles. The van der Waals surface area contributed by atoms with Gasteiger partial charge in [0, 0.05) is 31.3 Å². The van der Waals surface area contributed by atoms with Gasteiger partial charge in [0.25, 0.3) is 0 Å². The summed E-state index contributed by atoms with van der Waals surface area (Å²) in [6, 6.07) is 0.341. The van der Waals surface area contributed by atoms with Crippen molar-refractivity contribution >= 4 is 0 Å². The van der Waals surface area contributed by atoms with E-state index in [1.165, 1.54) is 0 Å². The Morgan fingerprint density at radius 3 is 2.69 bits per heavy atom. The molecule has 2 fully saturated rings. The lowest BCUT2D eigenvalue weighted by Gasteiger charge is -2.55. The first-order valence-electron chi connectivity index (χ1n) is 5.24. The Hall–Kier alpha value is -0.120. The van der Waals surface area contributed by atoms with Crippen LogP contribution in [0.25, 0.3) is 0 Å². The summed E-state index contributed by atoms with van der Waals surface area (Å²) in [5.41, 5.74) is 6.33. The maximum atomic E-state index is 6.07. The summed E-state index contributed by atoms with van der Waals surface area (Å²) in [6.45, 7) is 4.57. The summed E-state index contributed by atoms with van der Waals surface area (Å²) in [5.74, 6) is 0. The van der Waals surface area contributed by atoms with Gasteiger partial charge in [-0.2, -0.15) is 0 Å². The highest BCUT2D eigenvalue weighted by Gasteiger charge is 2.54. The second-order valence-electron chi connectivity index (χ2n) is 4.13. The van der Waals surface area contributed by atoms with Crippen LogP contribution in [0.2, 0.25) is 0 Å². The molecule has 1 spiro atoms. The van der Waals surface area contributed by atoms with E-state index in [9.17, 15) is 0 Å². The monoisotopic (exact) mass is 185 g/mol. The molecular formula is C10H19NO2. The van der Waals surface area contributed by atoms with E-state index in [1.54, 1.807) is 0 Å². The summed E-state index contributed by atoms with van der Waals surface area (Å²) in [7, 11) is 0. The number of hydrogen-bond donors (Lipinski definition) is 1. The molecule has 0 aromatic rings. The van der Waals surface area contributed by atoms with Crippen molar-refractivity contribution in [2.75, 3.05) is 19.8 Å². The van der Waals surface area contributed by atoms with Crippen LogP contribution in [0.3, 0.4) is 0 Å². The highest BCUT2D eigenvalue weighted by molar-refractivity contribution is 5.07. The van der Waals surface area contributed by atoms with Crippen LogP contribution in [-0.4, -0.2) is 32.0 Å². The van der Waals surface area contributed by atoms with E-state index in [0.717, 1.165) is 39.1 Å². The molecule has 13 heavy (non-hydrogen) atoms. The fourth-order valence-corrected chi connectivity index (χ4v) is 2.66. The second-order valence-corrected chi connectivity index (χ2v) is 4.13. The zero-order chi connectivity index (χ0) is 9.31. The summed E-state index contributed by atoms with van der Waals surface area (Å²) in [5, 5.41) is 0.